The summed E-state index contributed by atoms with van der Waals surface area (Å²) < 4.78 is 72.8. The van der Waals surface area contributed by atoms with Gasteiger partial charge in [-0.1, -0.05) is 0 Å². The molecule has 0 fully saturated rings. The maximum absolute atomic E-state index is 12.7. The molecule has 0 saturated heterocycles. The zero-order chi connectivity index (χ0) is 22.9. The standard InChI is InChI=1S/C18H21F5N6O2.HI/c1-24-16(26-7-8-27-17-25-6-5-14(29-17)18(21,22)23)28-10-11-9-12(30-2)3-4-13(11)31-15(19)20;/h3-6,9,15H,7-8,10H2,1-2H3,(H2,24,26,28)(H,25,27,29);1H. The Bertz CT molecular complexity index is 885. The summed E-state index contributed by atoms with van der Waals surface area (Å²) in [5.74, 6) is 0.621. The lowest BCUT2D eigenvalue weighted by atomic mass is 10.2. The summed E-state index contributed by atoms with van der Waals surface area (Å²) in [6.07, 6.45) is -3.55. The number of aliphatic imine (C=N–C) groups is 1. The van der Waals surface area contributed by atoms with Gasteiger partial charge in [0, 0.05) is 38.4 Å². The van der Waals surface area contributed by atoms with Crippen molar-refractivity contribution in [1.82, 2.24) is 20.6 Å². The van der Waals surface area contributed by atoms with Crippen LogP contribution in [-0.4, -0.2) is 49.8 Å². The third-order valence-electron chi connectivity index (χ3n) is 3.80. The quantitative estimate of drug-likeness (QED) is 0.139. The average molecular weight is 576 g/mol. The minimum atomic E-state index is -4.56. The molecule has 0 spiro atoms. The van der Waals surface area contributed by atoms with Gasteiger partial charge in [0.15, 0.2) is 5.96 Å². The average Bonchev–Trinajstić information content (AvgIpc) is 2.73. The maximum atomic E-state index is 12.7. The molecule has 2 aromatic rings. The second-order valence-corrected chi connectivity index (χ2v) is 5.89. The molecular formula is C18H22F5IN6O2. The number of hydrogen-bond donors (Lipinski definition) is 3. The van der Waals surface area contributed by atoms with E-state index in [4.69, 9.17) is 4.74 Å². The zero-order valence-corrected chi connectivity index (χ0v) is 19.4. The maximum Gasteiger partial charge on any atom is 0.433 e. The predicted molar refractivity (Wildman–Crippen MR) is 119 cm³/mol. The van der Waals surface area contributed by atoms with Crippen LogP contribution in [0.25, 0.3) is 0 Å². The molecule has 1 aromatic heterocycles. The van der Waals surface area contributed by atoms with E-state index in [2.05, 4.69) is 35.6 Å². The topological polar surface area (TPSA) is 92.7 Å². The highest BCUT2D eigenvalue weighted by Gasteiger charge is 2.32. The molecule has 0 atom stereocenters. The highest BCUT2D eigenvalue weighted by Crippen LogP contribution is 2.27. The molecule has 0 unspecified atom stereocenters. The van der Waals surface area contributed by atoms with Crippen LogP contribution >= 0.6 is 24.0 Å². The van der Waals surface area contributed by atoms with Gasteiger partial charge in [-0.3, -0.25) is 4.99 Å². The molecule has 8 nitrogen and oxygen atoms in total. The summed E-state index contributed by atoms with van der Waals surface area (Å²) in [4.78, 5) is 11.1. The normalized spacial score (nSPS) is 11.6. The number of benzene rings is 1. The van der Waals surface area contributed by atoms with Crippen molar-refractivity contribution in [3.8, 4) is 11.5 Å². The van der Waals surface area contributed by atoms with Crippen LogP contribution in [0.3, 0.4) is 0 Å². The SMILES string of the molecule is CN=C(NCCNc1nccc(C(F)(F)F)n1)NCc1cc(OC)ccc1OC(F)F.I. The molecule has 0 saturated carbocycles. The van der Waals surface area contributed by atoms with E-state index in [-0.39, 0.29) is 55.3 Å². The minimum absolute atomic E-state index is 0. The van der Waals surface area contributed by atoms with Gasteiger partial charge in [0.25, 0.3) is 0 Å². The van der Waals surface area contributed by atoms with Gasteiger partial charge in [-0.15, -0.1) is 24.0 Å². The van der Waals surface area contributed by atoms with E-state index in [9.17, 15) is 22.0 Å². The Balaban J connectivity index is 0.00000512. The molecule has 178 valence electrons. The fourth-order valence-electron chi connectivity index (χ4n) is 2.39. The van der Waals surface area contributed by atoms with Crippen LogP contribution in [0, 0.1) is 0 Å². The van der Waals surface area contributed by atoms with E-state index in [0.717, 1.165) is 12.3 Å². The second-order valence-electron chi connectivity index (χ2n) is 5.89. The van der Waals surface area contributed by atoms with E-state index in [1.807, 2.05) is 0 Å². The monoisotopic (exact) mass is 576 g/mol. The van der Waals surface area contributed by atoms with Crippen molar-refractivity contribution in [2.45, 2.75) is 19.3 Å². The first-order chi connectivity index (χ1) is 14.7. The number of methoxy groups -OCH3 is 1. The molecule has 1 aromatic carbocycles. The van der Waals surface area contributed by atoms with Gasteiger partial charge in [-0.2, -0.15) is 22.0 Å². The number of nitrogens with one attached hydrogen (secondary N) is 3. The van der Waals surface area contributed by atoms with E-state index < -0.39 is 18.5 Å². The van der Waals surface area contributed by atoms with Crippen molar-refractivity contribution in [1.29, 1.82) is 0 Å². The first kappa shape index (κ1) is 27.4. The summed E-state index contributed by atoms with van der Waals surface area (Å²) in [7, 11) is 2.95. The molecule has 0 bridgehead atoms. The number of ether oxygens (including phenoxy) is 2. The Morgan fingerprint density at radius 3 is 2.53 bits per heavy atom. The molecular weight excluding hydrogens is 554 g/mol. The number of guanidine groups is 1. The van der Waals surface area contributed by atoms with Crippen LogP contribution in [0.15, 0.2) is 35.5 Å². The molecule has 1 heterocycles. The van der Waals surface area contributed by atoms with Gasteiger partial charge in [-0.25, -0.2) is 9.97 Å². The van der Waals surface area contributed by atoms with Gasteiger partial charge >= 0.3 is 12.8 Å². The number of hydrogen-bond acceptors (Lipinski definition) is 6. The molecule has 0 aliphatic rings. The van der Waals surface area contributed by atoms with Crippen molar-refractivity contribution in [3.63, 3.8) is 0 Å². The lowest BCUT2D eigenvalue weighted by Crippen LogP contribution is -2.39. The Labute approximate surface area is 198 Å². The Morgan fingerprint density at radius 2 is 1.91 bits per heavy atom. The van der Waals surface area contributed by atoms with E-state index in [1.54, 1.807) is 6.07 Å². The molecule has 32 heavy (non-hydrogen) atoms. The van der Waals surface area contributed by atoms with Crippen molar-refractivity contribution >= 4 is 35.9 Å². The van der Waals surface area contributed by atoms with Gasteiger partial charge in [0.2, 0.25) is 5.95 Å². The van der Waals surface area contributed by atoms with Crippen LogP contribution in [0.2, 0.25) is 0 Å². The lowest BCUT2D eigenvalue weighted by Gasteiger charge is -2.15. The number of halogens is 6. The molecule has 0 aliphatic carbocycles. The van der Waals surface area contributed by atoms with Gasteiger partial charge in [0.05, 0.1) is 7.11 Å². The third-order valence-corrected chi connectivity index (χ3v) is 3.80. The number of rotatable bonds is 9. The number of anilines is 1. The van der Waals surface area contributed by atoms with Crippen molar-refractivity contribution in [3.05, 3.63) is 41.7 Å². The molecule has 0 radical (unpaired) electrons. The van der Waals surface area contributed by atoms with Crippen molar-refractivity contribution in [2.24, 2.45) is 4.99 Å². The molecule has 0 amide bonds. The van der Waals surface area contributed by atoms with Crippen LogP contribution in [-0.2, 0) is 12.7 Å². The van der Waals surface area contributed by atoms with Crippen LogP contribution in [0.4, 0.5) is 27.9 Å². The summed E-state index contributed by atoms with van der Waals surface area (Å²) in [5, 5.41) is 8.52. The highest BCUT2D eigenvalue weighted by atomic mass is 127. The highest BCUT2D eigenvalue weighted by molar-refractivity contribution is 14.0. The molecule has 14 heteroatoms. The zero-order valence-electron chi connectivity index (χ0n) is 17.0. The largest absolute Gasteiger partial charge is 0.497 e. The Hall–Kier alpha value is -2.65. The lowest BCUT2D eigenvalue weighted by molar-refractivity contribution is -0.141. The first-order valence-corrected chi connectivity index (χ1v) is 8.93. The van der Waals surface area contributed by atoms with E-state index in [0.29, 0.717) is 17.3 Å². The predicted octanol–water partition coefficient (Wildman–Crippen LogP) is 3.50. The van der Waals surface area contributed by atoms with E-state index >= 15 is 0 Å². The van der Waals surface area contributed by atoms with Crippen LogP contribution in [0.1, 0.15) is 11.3 Å². The summed E-state index contributed by atoms with van der Waals surface area (Å²) in [5.41, 5.74) is -0.631. The number of nitrogens with zero attached hydrogens (tertiary/aromatic N) is 3. The van der Waals surface area contributed by atoms with Crippen LogP contribution in [0.5, 0.6) is 11.5 Å². The minimum Gasteiger partial charge on any atom is -0.497 e. The fraction of sp³-hybridized carbons (Fsp3) is 0.389. The summed E-state index contributed by atoms with van der Waals surface area (Å²) >= 11 is 0. The second kappa shape index (κ2) is 13.0. The number of alkyl halides is 5. The third kappa shape index (κ3) is 8.84. The first-order valence-electron chi connectivity index (χ1n) is 8.93. The van der Waals surface area contributed by atoms with Gasteiger partial charge in [-0.05, 0) is 24.3 Å². The van der Waals surface area contributed by atoms with Gasteiger partial charge in [0.1, 0.15) is 17.2 Å². The van der Waals surface area contributed by atoms with Crippen LogP contribution < -0.4 is 25.4 Å². The Morgan fingerprint density at radius 1 is 1.16 bits per heavy atom. The summed E-state index contributed by atoms with van der Waals surface area (Å²) in [6.45, 7) is -2.42. The van der Waals surface area contributed by atoms with Crippen molar-refractivity contribution < 1.29 is 31.4 Å². The Kier molecular flexibility index (Phi) is 11.1. The van der Waals surface area contributed by atoms with Crippen molar-refractivity contribution in [2.75, 3.05) is 32.6 Å². The van der Waals surface area contributed by atoms with Gasteiger partial charge < -0.3 is 25.4 Å². The fourth-order valence-corrected chi connectivity index (χ4v) is 2.39. The molecule has 3 N–H and O–H groups in total. The number of aromatic nitrogens is 2. The summed E-state index contributed by atoms with van der Waals surface area (Å²) in [6, 6.07) is 5.19. The smallest absolute Gasteiger partial charge is 0.433 e. The molecule has 2 rings (SSSR count). The molecule has 0 aliphatic heterocycles. The van der Waals surface area contributed by atoms with E-state index in [1.165, 1.54) is 26.3 Å².